The molecule has 8 nitrogen and oxygen atoms in total. The number of benzene rings is 1. The Morgan fingerprint density at radius 1 is 1.00 bits per heavy atom. The summed E-state index contributed by atoms with van der Waals surface area (Å²) in [6, 6.07) is 7.74. The topological polar surface area (TPSA) is 81.7 Å². The van der Waals surface area contributed by atoms with Crippen LogP contribution in [0.1, 0.15) is 59.9 Å². The molecule has 3 fully saturated rings. The minimum Gasteiger partial charge on any atom is -0.497 e. The van der Waals surface area contributed by atoms with Gasteiger partial charge in [0, 0.05) is 16.5 Å². The summed E-state index contributed by atoms with van der Waals surface area (Å²) in [5.74, 6) is 0.429. The van der Waals surface area contributed by atoms with Crippen LogP contribution in [-0.4, -0.2) is 72.0 Å². The molecule has 212 valence electrons. The summed E-state index contributed by atoms with van der Waals surface area (Å²) in [5, 5.41) is -0.265. The molecule has 3 aliphatic heterocycles. The van der Waals surface area contributed by atoms with Crippen LogP contribution in [0, 0.1) is 0 Å². The lowest BCUT2D eigenvalue weighted by atomic mass is 9.86. The van der Waals surface area contributed by atoms with Crippen LogP contribution in [-0.2, 0) is 39.2 Å². The average molecular weight is 549 g/mol. The van der Waals surface area contributed by atoms with Crippen molar-refractivity contribution in [3.05, 3.63) is 42.0 Å². The molecule has 0 saturated carbocycles. The molecule has 0 amide bonds. The van der Waals surface area contributed by atoms with E-state index >= 15 is 0 Å². The quantitative estimate of drug-likeness (QED) is 0.277. The van der Waals surface area contributed by atoms with Gasteiger partial charge in [0.05, 0.1) is 52.2 Å². The van der Waals surface area contributed by atoms with Crippen molar-refractivity contribution in [2.45, 2.75) is 108 Å². The predicted molar refractivity (Wildman–Crippen MR) is 145 cm³/mol. The lowest BCUT2D eigenvalue weighted by molar-refractivity contribution is -0.256. The van der Waals surface area contributed by atoms with Gasteiger partial charge in [0.25, 0.3) is 0 Å². The van der Waals surface area contributed by atoms with Gasteiger partial charge in [0.1, 0.15) is 24.1 Å². The number of hydrogen-bond acceptors (Lipinski definition) is 8. The molecular weight excluding hydrogens is 504 g/mol. The van der Waals surface area contributed by atoms with Gasteiger partial charge in [-0.1, -0.05) is 60.3 Å². The van der Waals surface area contributed by atoms with E-state index in [2.05, 4.69) is 48.1 Å². The third-order valence-corrected chi connectivity index (χ3v) is 13.1. The van der Waals surface area contributed by atoms with E-state index < -0.39 is 20.8 Å². The normalized spacial score (nSPS) is 31.2. The molecule has 0 spiro atoms. The summed E-state index contributed by atoms with van der Waals surface area (Å²) in [4.78, 5) is 12.2. The zero-order valence-electron chi connectivity index (χ0n) is 24.1. The highest BCUT2D eigenvalue weighted by atomic mass is 28.4. The average Bonchev–Trinajstić information content (AvgIpc) is 2.86. The van der Waals surface area contributed by atoms with E-state index in [1.165, 1.54) is 7.11 Å². The standard InChI is InChI=1S/C29H44O8Si/c1-18-21(15-25(30)32-9)35-23-14-22-24(17-34-38(37-22,28(2,3)4)29(5,6)7)36-27(23)26(18)33-16-19-10-12-20(31-8)13-11-19/h10-13,21-24,26-27H,1,14-17H2,2-9H3/t21-,22-,23+,24+,26-,27+/m0/s1. The van der Waals surface area contributed by atoms with Gasteiger partial charge in [0.15, 0.2) is 0 Å². The maximum atomic E-state index is 12.2. The summed E-state index contributed by atoms with van der Waals surface area (Å²) in [7, 11) is 0.351. The van der Waals surface area contributed by atoms with Crippen LogP contribution in [0.25, 0.3) is 0 Å². The Hall–Kier alpha value is -1.75. The Morgan fingerprint density at radius 3 is 2.24 bits per heavy atom. The third kappa shape index (κ3) is 5.60. The Labute approximate surface area is 228 Å². The molecule has 9 heteroatoms. The number of carbonyl (C=O) groups is 1. The van der Waals surface area contributed by atoms with Crippen LogP contribution < -0.4 is 4.74 Å². The summed E-state index contributed by atoms with van der Waals surface area (Å²) in [6.45, 7) is 18.3. The zero-order chi connectivity index (χ0) is 27.9. The number of hydrogen-bond donors (Lipinski definition) is 0. The number of carbonyl (C=O) groups excluding carboxylic acids is 1. The Bertz CT molecular complexity index is 981. The second kappa shape index (κ2) is 11.0. The molecule has 0 N–H and O–H groups in total. The fourth-order valence-electron chi connectivity index (χ4n) is 6.14. The van der Waals surface area contributed by atoms with Gasteiger partial charge in [-0.05, 0) is 23.3 Å². The molecule has 0 radical (unpaired) electrons. The van der Waals surface area contributed by atoms with Gasteiger partial charge >= 0.3 is 14.5 Å². The molecule has 0 aromatic heterocycles. The highest BCUT2D eigenvalue weighted by Crippen LogP contribution is 2.55. The van der Waals surface area contributed by atoms with E-state index in [0.29, 0.717) is 25.2 Å². The number of methoxy groups -OCH3 is 2. The van der Waals surface area contributed by atoms with Crippen molar-refractivity contribution >= 4 is 14.5 Å². The third-order valence-electron chi connectivity index (χ3n) is 7.91. The van der Waals surface area contributed by atoms with Gasteiger partial charge in [0.2, 0.25) is 0 Å². The van der Waals surface area contributed by atoms with Crippen LogP contribution in [0.3, 0.4) is 0 Å². The second-order valence-electron chi connectivity index (χ2n) is 12.6. The first kappa shape index (κ1) is 29.2. The number of rotatable bonds is 6. The van der Waals surface area contributed by atoms with Gasteiger partial charge < -0.3 is 32.5 Å². The van der Waals surface area contributed by atoms with Crippen molar-refractivity contribution in [3.8, 4) is 5.75 Å². The molecule has 6 atom stereocenters. The first-order valence-electron chi connectivity index (χ1n) is 13.4. The minimum atomic E-state index is -2.67. The molecule has 3 aliphatic rings. The number of ether oxygens (including phenoxy) is 5. The molecule has 0 unspecified atom stereocenters. The minimum absolute atomic E-state index is 0.0711. The van der Waals surface area contributed by atoms with Crippen LogP contribution in [0.2, 0.25) is 10.1 Å². The van der Waals surface area contributed by atoms with E-state index in [1.807, 2.05) is 24.3 Å². The summed E-state index contributed by atoms with van der Waals surface area (Å²) >= 11 is 0. The molecule has 3 saturated heterocycles. The van der Waals surface area contributed by atoms with Gasteiger partial charge in [-0.15, -0.1) is 0 Å². The SMILES string of the molecule is C=C1[C@H](CC(=O)OC)O[C@@H]2C[C@@H]3O[Si](C(C)(C)C)(C(C)(C)C)OC[C@H]3O[C@H]2[C@H]1OCc1ccc(OC)cc1. The Morgan fingerprint density at radius 2 is 1.66 bits per heavy atom. The van der Waals surface area contributed by atoms with Crippen LogP contribution in [0.15, 0.2) is 36.4 Å². The summed E-state index contributed by atoms with van der Waals surface area (Å²) < 4.78 is 43.3. The van der Waals surface area contributed by atoms with Crippen LogP contribution >= 0.6 is 0 Å². The van der Waals surface area contributed by atoms with Crippen molar-refractivity contribution < 1.29 is 37.3 Å². The smallest absolute Gasteiger partial charge is 0.349 e. The monoisotopic (exact) mass is 548 g/mol. The molecule has 4 rings (SSSR count). The second-order valence-corrected chi connectivity index (χ2v) is 17.3. The Kier molecular flexibility index (Phi) is 8.48. The Balaban J connectivity index is 1.56. The number of fused-ring (bicyclic) bond motifs is 2. The van der Waals surface area contributed by atoms with Gasteiger partial charge in [-0.2, -0.15) is 0 Å². The van der Waals surface area contributed by atoms with Crippen molar-refractivity contribution in [2.24, 2.45) is 0 Å². The zero-order valence-corrected chi connectivity index (χ0v) is 25.1. The maximum Gasteiger partial charge on any atom is 0.349 e. The fourth-order valence-corrected chi connectivity index (χ4v) is 11.1. The molecule has 38 heavy (non-hydrogen) atoms. The van der Waals surface area contributed by atoms with Crippen molar-refractivity contribution in [3.63, 3.8) is 0 Å². The van der Waals surface area contributed by atoms with Crippen molar-refractivity contribution in [1.82, 2.24) is 0 Å². The van der Waals surface area contributed by atoms with E-state index in [4.69, 9.17) is 32.5 Å². The highest BCUT2D eigenvalue weighted by molar-refractivity contribution is 6.73. The summed E-state index contributed by atoms with van der Waals surface area (Å²) in [6.07, 6.45) is -1.39. The largest absolute Gasteiger partial charge is 0.497 e. The van der Waals surface area contributed by atoms with E-state index in [-0.39, 0.29) is 46.9 Å². The van der Waals surface area contributed by atoms with Gasteiger partial charge in [-0.3, -0.25) is 4.79 Å². The van der Waals surface area contributed by atoms with Crippen LogP contribution in [0.4, 0.5) is 0 Å². The predicted octanol–water partition coefficient (Wildman–Crippen LogP) is 5.08. The first-order valence-corrected chi connectivity index (χ1v) is 15.2. The molecule has 0 bridgehead atoms. The van der Waals surface area contributed by atoms with Crippen molar-refractivity contribution in [2.75, 3.05) is 20.8 Å². The molecular formula is C29H44O8Si. The van der Waals surface area contributed by atoms with Crippen LogP contribution in [0.5, 0.6) is 5.75 Å². The lowest BCUT2D eigenvalue weighted by Crippen LogP contribution is -2.69. The highest BCUT2D eigenvalue weighted by Gasteiger charge is 2.63. The van der Waals surface area contributed by atoms with Gasteiger partial charge in [-0.25, -0.2) is 0 Å². The van der Waals surface area contributed by atoms with E-state index in [9.17, 15) is 4.79 Å². The maximum absolute atomic E-state index is 12.2. The lowest BCUT2D eigenvalue weighted by Gasteiger charge is -2.58. The first-order chi connectivity index (χ1) is 17.8. The molecule has 0 aliphatic carbocycles. The fraction of sp³-hybridized carbons (Fsp3) is 0.690. The van der Waals surface area contributed by atoms with E-state index in [1.54, 1.807) is 7.11 Å². The van der Waals surface area contributed by atoms with E-state index in [0.717, 1.165) is 11.3 Å². The molecule has 1 aromatic rings. The summed E-state index contributed by atoms with van der Waals surface area (Å²) in [5.41, 5.74) is 1.67. The molecule has 3 heterocycles. The number of esters is 1. The van der Waals surface area contributed by atoms with Crippen molar-refractivity contribution in [1.29, 1.82) is 0 Å². The molecule has 1 aromatic carbocycles.